The number of carbonyl (C=O) groups is 2. The SMILES string of the molecule is N[C@H](C(=O)Nc1cncc(F)c1CC[C@@H]1CN[C@H](COC(=O)NC2(c3ccccn3)CC2)CO1)C(c1ccc(F)cc1)c1ccc(F)cc1. The first-order valence-corrected chi connectivity index (χ1v) is 16.1. The number of aromatic nitrogens is 2. The van der Waals surface area contributed by atoms with E-state index in [1.165, 1.54) is 54.7 Å². The molecule has 2 aliphatic rings. The lowest BCUT2D eigenvalue weighted by atomic mass is 9.85. The van der Waals surface area contributed by atoms with Crippen molar-refractivity contribution in [2.45, 2.75) is 55.3 Å². The molecule has 4 aromatic rings. The molecule has 1 saturated carbocycles. The number of anilines is 1. The zero-order valence-corrected chi connectivity index (χ0v) is 26.6. The number of halogens is 3. The molecule has 0 spiro atoms. The number of amides is 2. The second kappa shape index (κ2) is 15.1. The maximum Gasteiger partial charge on any atom is 0.407 e. The third kappa shape index (κ3) is 8.42. The average molecular weight is 675 g/mol. The molecule has 1 saturated heterocycles. The van der Waals surface area contributed by atoms with Crippen molar-refractivity contribution in [1.82, 2.24) is 20.6 Å². The summed E-state index contributed by atoms with van der Waals surface area (Å²) >= 11 is 0. The van der Waals surface area contributed by atoms with E-state index in [4.69, 9.17) is 15.2 Å². The van der Waals surface area contributed by atoms with Gasteiger partial charge in [0.05, 0.1) is 54.1 Å². The van der Waals surface area contributed by atoms with E-state index >= 15 is 4.39 Å². The largest absolute Gasteiger partial charge is 0.448 e. The fourth-order valence-corrected chi connectivity index (χ4v) is 6.03. The van der Waals surface area contributed by atoms with Gasteiger partial charge in [0.1, 0.15) is 24.1 Å². The summed E-state index contributed by atoms with van der Waals surface area (Å²) < 4.78 is 53.9. The van der Waals surface area contributed by atoms with E-state index in [2.05, 4.69) is 25.9 Å². The summed E-state index contributed by atoms with van der Waals surface area (Å²) in [5.41, 5.74) is 8.31. The third-order valence-electron chi connectivity index (χ3n) is 8.93. The molecule has 13 heteroatoms. The van der Waals surface area contributed by atoms with E-state index in [9.17, 15) is 18.4 Å². The summed E-state index contributed by atoms with van der Waals surface area (Å²) in [5, 5.41) is 8.96. The highest BCUT2D eigenvalue weighted by Gasteiger charge is 2.47. The minimum atomic E-state index is -1.19. The van der Waals surface area contributed by atoms with Crippen molar-refractivity contribution in [3.63, 3.8) is 0 Å². The summed E-state index contributed by atoms with van der Waals surface area (Å²) in [6, 6.07) is 15.3. The summed E-state index contributed by atoms with van der Waals surface area (Å²) in [6.07, 6.45) is 5.60. The molecule has 0 bridgehead atoms. The van der Waals surface area contributed by atoms with Crippen molar-refractivity contribution in [3.05, 3.63) is 125 Å². The summed E-state index contributed by atoms with van der Waals surface area (Å²) in [4.78, 5) is 34.2. The highest BCUT2D eigenvalue weighted by Crippen LogP contribution is 2.44. The number of nitrogens with two attached hydrogens (primary N) is 1. The number of hydrogen-bond donors (Lipinski definition) is 4. The maximum atomic E-state index is 15.1. The lowest BCUT2D eigenvalue weighted by molar-refractivity contribution is -0.117. The van der Waals surface area contributed by atoms with Gasteiger partial charge in [-0.3, -0.25) is 14.8 Å². The van der Waals surface area contributed by atoms with Crippen LogP contribution >= 0.6 is 0 Å². The van der Waals surface area contributed by atoms with Crippen LogP contribution in [-0.4, -0.2) is 59.9 Å². The van der Waals surface area contributed by atoms with Gasteiger partial charge in [-0.25, -0.2) is 18.0 Å². The van der Waals surface area contributed by atoms with E-state index in [0.717, 1.165) is 24.7 Å². The number of nitrogens with one attached hydrogen (secondary N) is 3. The van der Waals surface area contributed by atoms with Crippen molar-refractivity contribution in [2.24, 2.45) is 5.73 Å². The molecule has 0 unspecified atom stereocenters. The molecular formula is C36H37F3N6O4. The van der Waals surface area contributed by atoms with Crippen molar-refractivity contribution < 1.29 is 32.2 Å². The van der Waals surface area contributed by atoms with Crippen LogP contribution in [0.1, 0.15) is 47.6 Å². The number of ether oxygens (including phenoxy) is 2. The minimum absolute atomic E-state index is 0.114. The monoisotopic (exact) mass is 674 g/mol. The molecule has 1 aliphatic heterocycles. The van der Waals surface area contributed by atoms with E-state index in [-0.39, 0.29) is 43.0 Å². The molecule has 5 N–H and O–H groups in total. The normalized spacial score (nSPS) is 18.8. The number of nitrogens with zero attached hydrogens (tertiary/aromatic N) is 2. The number of benzene rings is 2. The van der Waals surface area contributed by atoms with Gasteiger partial charge in [-0.05, 0) is 73.2 Å². The molecule has 49 heavy (non-hydrogen) atoms. The highest BCUT2D eigenvalue weighted by atomic mass is 19.1. The smallest absolute Gasteiger partial charge is 0.407 e. The van der Waals surface area contributed by atoms with Crippen molar-refractivity contribution >= 4 is 17.7 Å². The highest BCUT2D eigenvalue weighted by molar-refractivity contribution is 5.96. The van der Waals surface area contributed by atoms with Crippen LogP contribution < -0.4 is 21.7 Å². The van der Waals surface area contributed by atoms with Crippen LogP contribution in [0.2, 0.25) is 0 Å². The minimum Gasteiger partial charge on any atom is -0.448 e. The van der Waals surface area contributed by atoms with Crippen LogP contribution in [0.25, 0.3) is 0 Å². The molecule has 3 heterocycles. The van der Waals surface area contributed by atoms with Crippen LogP contribution in [-0.2, 0) is 26.2 Å². The Balaban J connectivity index is 1.02. The Morgan fingerprint density at radius 1 is 1.00 bits per heavy atom. The average Bonchev–Trinajstić information content (AvgIpc) is 3.90. The van der Waals surface area contributed by atoms with Crippen LogP contribution in [0.15, 0.2) is 85.3 Å². The first-order chi connectivity index (χ1) is 23.7. The zero-order chi connectivity index (χ0) is 34.4. The quantitative estimate of drug-likeness (QED) is 0.170. The Morgan fingerprint density at radius 3 is 2.29 bits per heavy atom. The summed E-state index contributed by atoms with van der Waals surface area (Å²) in [7, 11) is 0. The molecule has 3 atom stereocenters. The number of rotatable bonds is 12. The van der Waals surface area contributed by atoms with E-state index in [1.54, 1.807) is 6.20 Å². The third-order valence-corrected chi connectivity index (χ3v) is 8.93. The molecular weight excluding hydrogens is 637 g/mol. The summed E-state index contributed by atoms with van der Waals surface area (Å²) in [5.74, 6) is -2.88. The van der Waals surface area contributed by atoms with Crippen molar-refractivity contribution in [1.29, 1.82) is 0 Å². The number of carbonyl (C=O) groups excluding carboxylic acids is 2. The molecule has 6 rings (SSSR count). The fraction of sp³-hybridized carbons (Fsp3) is 0.333. The Kier molecular flexibility index (Phi) is 10.5. The van der Waals surface area contributed by atoms with Crippen molar-refractivity contribution in [3.8, 4) is 0 Å². The lowest BCUT2D eigenvalue weighted by Crippen LogP contribution is -2.49. The van der Waals surface area contributed by atoms with Gasteiger partial charge in [0.2, 0.25) is 5.91 Å². The molecule has 2 aromatic heterocycles. The molecule has 1 aliphatic carbocycles. The standard InChI is InChI=1S/C36H37F3N6O4/c37-24-8-4-22(5-9-24)32(23-6-10-25(38)11-7-23)33(40)34(46)44-30-19-41-18-29(39)28(30)13-12-27-17-43-26(20-48-27)21-49-35(47)45-36(14-15-36)31-3-1-2-16-42-31/h1-11,16,18-19,26-27,32-33,43H,12-15,17,20-21,40H2,(H,44,46)(H,45,47)/t26-,27+,33-/m0/s1. The molecule has 0 radical (unpaired) electrons. The predicted octanol–water partition coefficient (Wildman–Crippen LogP) is 4.70. The predicted molar refractivity (Wildman–Crippen MR) is 175 cm³/mol. The van der Waals surface area contributed by atoms with E-state index < -0.39 is 47.0 Å². The number of hydrogen-bond acceptors (Lipinski definition) is 8. The van der Waals surface area contributed by atoms with Gasteiger partial charge >= 0.3 is 6.09 Å². The van der Waals surface area contributed by atoms with Gasteiger partial charge in [-0.2, -0.15) is 0 Å². The number of pyridine rings is 2. The van der Waals surface area contributed by atoms with Gasteiger partial charge in [-0.15, -0.1) is 0 Å². The molecule has 10 nitrogen and oxygen atoms in total. The van der Waals surface area contributed by atoms with Crippen LogP contribution in [0, 0.1) is 17.5 Å². The van der Waals surface area contributed by atoms with Crippen molar-refractivity contribution in [2.75, 3.05) is 25.1 Å². The Labute approximate surface area is 281 Å². The Bertz CT molecular complexity index is 1690. The topological polar surface area (TPSA) is 140 Å². The number of alkyl carbamates (subject to hydrolysis) is 1. The molecule has 2 fully saturated rings. The second-order valence-electron chi connectivity index (χ2n) is 12.4. The first kappa shape index (κ1) is 34.0. The second-order valence-corrected chi connectivity index (χ2v) is 12.4. The van der Waals surface area contributed by atoms with Gasteiger partial charge in [0.15, 0.2) is 0 Å². The zero-order valence-electron chi connectivity index (χ0n) is 26.6. The van der Waals surface area contributed by atoms with Crippen LogP contribution in [0.5, 0.6) is 0 Å². The van der Waals surface area contributed by atoms with E-state index in [1.807, 2.05) is 18.2 Å². The molecule has 2 aromatic carbocycles. The fourth-order valence-electron chi connectivity index (χ4n) is 6.03. The molecule has 2 amide bonds. The summed E-state index contributed by atoms with van der Waals surface area (Å²) in [6.45, 7) is 0.849. The number of morpholine rings is 1. The first-order valence-electron chi connectivity index (χ1n) is 16.1. The van der Waals surface area contributed by atoms with E-state index in [0.29, 0.717) is 24.1 Å². The van der Waals surface area contributed by atoms with Crippen LogP contribution in [0.3, 0.4) is 0 Å². The van der Waals surface area contributed by atoms with Gasteiger partial charge < -0.3 is 31.2 Å². The maximum absolute atomic E-state index is 15.1. The van der Waals surface area contributed by atoms with Crippen LogP contribution in [0.4, 0.5) is 23.7 Å². The molecule has 256 valence electrons. The van der Waals surface area contributed by atoms with Gasteiger partial charge in [0, 0.05) is 24.2 Å². The van der Waals surface area contributed by atoms with Gasteiger partial charge in [-0.1, -0.05) is 30.3 Å². The Hall–Kier alpha value is -4.85. The lowest BCUT2D eigenvalue weighted by Gasteiger charge is -2.30. The van der Waals surface area contributed by atoms with Gasteiger partial charge in [0.25, 0.3) is 0 Å². The Morgan fingerprint density at radius 2 is 1.69 bits per heavy atom.